The first-order valence-electron chi connectivity index (χ1n) is 41.7. The predicted molar refractivity (Wildman–Crippen MR) is 456 cm³/mol. The number of hydrogen-bond acceptors (Lipinski definition) is 22. The van der Waals surface area contributed by atoms with Gasteiger partial charge in [-0.3, -0.25) is 81.4 Å². The number of ketones is 2. The zero-order valence-electron chi connectivity index (χ0n) is 72.2. The third-order valence-electron chi connectivity index (χ3n) is 21.3. The van der Waals surface area contributed by atoms with Crippen LogP contribution >= 0.6 is 11.6 Å². The van der Waals surface area contributed by atoms with E-state index in [0.717, 1.165) is 0 Å². The van der Waals surface area contributed by atoms with Crippen molar-refractivity contribution in [1.82, 2.24) is 89.1 Å². The summed E-state index contributed by atoms with van der Waals surface area (Å²) in [6.07, 6.45) is 1.82. The van der Waals surface area contributed by atoms with Crippen molar-refractivity contribution in [2.75, 3.05) is 13.2 Å². The molecule has 1 aliphatic rings. The van der Waals surface area contributed by atoms with E-state index in [1.54, 1.807) is 79.5 Å². The van der Waals surface area contributed by atoms with Crippen LogP contribution in [0.25, 0.3) is 10.9 Å². The third-order valence-corrected chi connectivity index (χ3v) is 21.5. The number of aromatic nitrogens is 4. The molecule has 2 aromatic heterocycles. The molecule has 15 atom stereocenters. The lowest BCUT2D eigenvalue weighted by molar-refractivity contribution is -0.140. The van der Waals surface area contributed by atoms with Crippen molar-refractivity contribution in [3.05, 3.63) is 113 Å². The molecule has 3 aromatic carbocycles. The molecule has 2 bridgehead atoms. The van der Waals surface area contributed by atoms with Crippen LogP contribution in [0.3, 0.4) is 0 Å². The number of amides is 14. The van der Waals surface area contributed by atoms with Crippen molar-refractivity contribution < 1.29 is 92.0 Å². The maximum atomic E-state index is 15.3. The number of carbonyl (C=O) groups excluding carboxylic acids is 16. The number of benzene rings is 3. The average Bonchev–Trinajstić information content (AvgIpc) is 1.48. The van der Waals surface area contributed by atoms with Gasteiger partial charge in [-0.15, -0.1) is 5.10 Å². The number of nitrogens with one attached hydrogen (secondary N) is 14. The van der Waals surface area contributed by atoms with Crippen LogP contribution < -0.4 is 80.6 Å². The number of Topliss-reactive ketones (excluding diaryl/α,β-unsaturated/α-hetero) is 2. The number of carbonyl (C=O) groups is 16. The summed E-state index contributed by atoms with van der Waals surface area (Å²) < 4.78 is 1.58. The van der Waals surface area contributed by atoms with E-state index >= 15 is 19.2 Å². The van der Waals surface area contributed by atoms with E-state index in [2.05, 4.69) is 84.4 Å². The molecule has 14 amide bonds. The Hall–Kier alpha value is -11.8. The van der Waals surface area contributed by atoms with Crippen molar-refractivity contribution in [1.29, 1.82) is 0 Å². The fraction of sp³-hybridized carbons (Fsp3) is 0.553. The topological polar surface area (TPSA) is 589 Å². The summed E-state index contributed by atoms with van der Waals surface area (Å²) in [6, 6.07) is 2.41. The van der Waals surface area contributed by atoms with Crippen LogP contribution in [-0.4, -0.2) is 226 Å². The van der Waals surface area contributed by atoms with Gasteiger partial charge >= 0.3 is 0 Å². The van der Waals surface area contributed by atoms with Gasteiger partial charge in [0, 0.05) is 74.0 Å². The van der Waals surface area contributed by atoms with Crippen LogP contribution in [0.5, 0.6) is 5.75 Å². The second kappa shape index (κ2) is 47.8. The van der Waals surface area contributed by atoms with E-state index in [1.807, 2.05) is 13.8 Å². The number of phenolic OH excluding ortho intramolecular Hbond substituents is 1. The SMILES string of the molecule is CC(=O)N[C@@H](CC(C)C)C(=O)N[C@H](C(=O)N[C@@H](Cc1ccccc1)C(=O)N[C@]1(C)CCCCCCn2cc(nn2)CCC[C@@](C)(C(=O)NC(CO)C(=O)N[C@@H](C)C(=O)NC(C)C(N)=O)NC(=O)[C@H](CC(C)C)CN[C@@H](CCC(N)=O)C(=O)C(=O)[C@H](C)NC(=O)[C@H](Cc2c[nH]c3cc(Cl)ccc23)NC(=O)[C@H](Cc2ccc(O)cc2)NC(=O)C(C)NC1=O)[C@@H](C)O. The van der Waals surface area contributed by atoms with E-state index < -0.39 is 203 Å². The number of rotatable bonds is 29. The van der Waals surface area contributed by atoms with E-state index in [0.29, 0.717) is 64.1 Å². The Balaban J connectivity index is 1.42. The first-order chi connectivity index (χ1) is 58.4. The van der Waals surface area contributed by atoms with Gasteiger partial charge in [0.2, 0.25) is 94.3 Å². The first kappa shape index (κ1) is 101. The van der Waals surface area contributed by atoms with Crippen molar-refractivity contribution >= 4 is 117 Å². The summed E-state index contributed by atoms with van der Waals surface area (Å²) in [5.41, 5.74) is 9.37. The summed E-state index contributed by atoms with van der Waals surface area (Å²) in [5.74, 6) is -16.5. The zero-order chi connectivity index (χ0) is 92.0. The minimum absolute atomic E-state index is 0.0800. The summed E-state index contributed by atoms with van der Waals surface area (Å²) in [7, 11) is 0. The molecule has 0 radical (unpaired) electrons. The van der Waals surface area contributed by atoms with Gasteiger partial charge in [-0.25, -0.2) is 0 Å². The summed E-state index contributed by atoms with van der Waals surface area (Å²) in [5, 5.41) is 75.8. The average molecular weight is 1750 g/mol. The number of aromatic amines is 1. The number of aliphatic hydroxyl groups is 2. The molecule has 1 aliphatic heterocycles. The van der Waals surface area contributed by atoms with Crippen LogP contribution in [0.2, 0.25) is 5.02 Å². The number of hydrogen-bond donors (Lipinski definition) is 19. The highest BCUT2D eigenvalue weighted by Crippen LogP contribution is 2.26. The lowest BCUT2D eigenvalue weighted by atomic mass is 9.89. The van der Waals surface area contributed by atoms with E-state index in [1.165, 1.54) is 79.7 Å². The number of H-pyrrole nitrogens is 1. The molecular formula is C85H122ClN19O19. The van der Waals surface area contributed by atoms with Gasteiger partial charge in [0.05, 0.1) is 36.4 Å². The van der Waals surface area contributed by atoms with Crippen LogP contribution in [0.1, 0.15) is 176 Å². The Morgan fingerprint density at radius 3 is 1.92 bits per heavy atom. The Labute approximate surface area is 724 Å². The Kier molecular flexibility index (Phi) is 38.9. The van der Waals surface area contributed by atoms with E-state index in [4.69, 9.17) is 23.1 Å². The number of aliphatic hydroxyl groups excluding tert-OH is 2. The quantitative estimate of drug-likeness (QED) is 0.0275. The molecule has 0 fully saturated rings. The molecule has 39 heteroatoms. The van der Waals surface area contributed by atoms with Crippen molar-refractivity contribution in [3.8, 4) is 5.75 Å². The second-order valence-electron chi connectivity index (χ2n) is 33.2. The molecule has 3 heterocycles. The van der Waals surface area contributed by atoms with E-state index in [-0.39, 0.29) is 88.3 Å². The molecule has 678 valence electrons. The van der Waals surface area contributed by atoms with Gasteiger partial charge in [-0.2, -0.15) is 0 Å². The van der Waals surface area contributed by atoms with E-state index in [9.17, 15) is 72.9 Å². The summed E-state index contributed by atoms with van der Waals surface area (Å²) >= 11 is 6.37. The van der Waals surface area contributed by atoms with Crippen LogP contribution in [0, 0.1) is 17.8 Å². The number of fused-ring (bicyclic) bond motifs is 3. The minimum Gasteiger partial charge on any atom is -0.508 e. The first-order valence-corrected chi connectivity index (χ1v) is 42.1. The number of aromatic hydroxyl groups is 1. The molecule has 0 saturated heterocycles. The Morgan fingerprint density at radius 1 is 0.637 bits per heavy atom. The lowest BCUT2D eigenvalue weighted by Gasteiger charge is -2.33. The second-order valence-corrected chi connectivity index (χ2v) is 33.6. The fourth-order valence-electron chi connectivity index (χ4n) is 14.1. The smallest absolute Gasteiger partial charge is 0.246 e. The van der Waals surface area contributed by atoms with Crippen molar-refractivity contribution in [2.24, 2.45) is 29.2 Å². The highest BCUT2D eigenvalue weighted by atomic mass is 35.5. The molecule has 6 rings (SSSR count). The number of phenols is 1. The predicted octanol–water partition coefficient (Wildman–Crippen LogP) is -0.241. The largest absolute Gasteiger partial charge is 0.508 e. The monoisotopic (exact) mass is 1750 g/mol. The summed E-state index contributed by atoms with van der Waals surface area (Å²) in [4.78, 5) is 229. The minimum atomic E-state index is -1.94. The van der Waals surface area contributed by atoms with Crippen molar-refractivity contribution in [3.63, 3.8) is 0 Å². The number of nitrogens with two attached hydrogens (primary N) is 2. The maximum Gasteiger partial charge on any atom is 0.246 e. The molecular weight excluding hydrogens is 1630 g/mol. The number of nitrogens with zero attached hydrogens (tertiary/aromatic N) is 3. The number of aryl methyl sites for hydroxylation is 2. The Morgan fingerprint density at radius 2 is 1.28 bits per heavy atom. The molecule has 0 aliphatic carbocycles. The van der Waals surface area contributed by atoms with Crippen LogP contribution in [0.4, 0.5) is 0 Å². The standard InChI is InChI=1S/C85H122ClN19O19/c1-45(2)35-56-42-89-61(30-31-68(87)110)71(112)70(111)47(5)91-76(117)66(39-55-41-90-62-40-57(86)26-29-60(55)62)97-77(118)64(38-54-24-27-59(109)28-25-54)96-74(115)50(8)94-82(123)84(11,102-80(121)65(37-53-21-16-15-17-22-53)98-81(122)69(51(9)107)100-78(119)63(36-46(3)4)95-52(10)108)32-18-13-14-19-34-105-43-58(103-104-105)23-20-33-85(12,101-75(56)116)83(124)99-67(44-106)79(120)93-49(7)73(114)92-48(6)72(88)113/h15-17,21-22,24-29,40-41,43,45-51,56,61,63-67,69,89-90,106-107,109H,13-14,18-20,23,30-39,42,44H2,1-12H3,(H2,87,110)(H2,88,113)(H,91,117)(H,92,114)(H,93,120)(H,94,123)(H,95,108)(H,96,115)(H,97,118)(H,98,122)(H,99,124)(H,100,119)(H,101,116)(H,102,121)/t47-,48?,49-,50?,51+,56+,61-,63-,64-,65-,66-,67?,69-,84+,85-/m0/s1. The molecule has 5 aromatic rings. The highest BCUT2D eigenvalue weighted by molar-refractivity contribution is 6.41. The number of primary amides is 2. The highest BCUT2D eigenvalue weighted by Gasteiger charge is 2.43. The molecule has 0 spiro atoms. The molecule has 21 N–H and O–H groups in total. The van der Waals surface area contributed by atoms with Gasteiger partial charge in [-0.05, 0) is 153 Å². The van der Waals surface area contributed by atoms with Gasteiger partial charge in [0.1, 0.15) is 71.2 Å². The van der Waals surface area contributed by atoms with Crippen molar-refractivity contribution in [2.45, 2.75) is 270 Å². The maximum absolute atomic E-state index is 15.3. The third kappa shape index (κ3) is 31.5. The van der Waals surface area contributed by atoms with Gasteiger partial charge < -0.3 is 101 Å². The lowest BCUT2D eigenvalue weighted by Crippen LogP contribution is -2.64. The zero-order valence-corrected chi connectivity index (χ0v) is 73.0. The van der Waals surface area contributed by atoms with Gasteiger partial charge in [-0.1, -0.05) is 112 Å². The normalized spacial score (nSPS) is 22.2. The van der Waals surface area contributed by atoms with Gasteiger partial charge in [0.25, 0.3) is 0 Å². The van der Waals surface area contributed by atoms with Gasteiger partial charge in [0.15, 0.2) is 0 Å². The molecule has 3 unspecified atom stereocenters. The fourth-order valence-corrected chi connectivity index (χ4v) is 14.2. The molecule has 124 heavy (non-hydrogen) atoms. The Bertz CT molecular complexity index is 4580. The van der Waals surface area contributed by atoms with Crippen LogP contribution in [0.15, 0.2) is 85.2 Å². The van der Waals surface area contributed by atoms with Crippen LogP contribution in [-0.2, 0) is 109 Å². The number of halogens is 1. The summed E-state index contributed by atoms with van der Waals surface area (Å²) in [6.45, 7) is 16.5. The molecule has 38 nitrogen and oxygen atoms in total. The molecule has 0 saturated carbocycles.